The van der Waals surface area contributed by atoms with Crippen LogP contribution in [-0.2, 0) is 0 Å². The average Bonchev–Trinajstić information content (AvgIpc) is 2.03. The molecular weight excluding hydrogens is 146 g/mol. The maximum Gasteiger partial charge on any atom is 0.0699 e. The van der Waals surface area contributed by atoms with Crippen molar-refractivity contribution in [3.63, 3.8) is 0 Å². The van der Waals surface area contributed by atoms with Gasteiger partial charge < -0.3 is 21.7 Å². The molecule has 68 valence electrons. The lowest BCUT2D eigenvalue weighted by Gasteiger charge is -2.25. The van der Waals surface area contributed by atoms with Gasteiger partial charge in [0.05, 0.1) is 19.4 Å². The van der Waals surface area contributed by atoms with Crippen LogP contribution < -0.4 is 11.5 Å². The summed E-state index contributed by atoms with van der Waals surface area (Å²) in [6.07, 6.45) is -0.269. The molecule has 0 amide bonds. The van der Waals surface area contributed by atoms with Gasteiger partial charge in [0.1, 0.15) is 0 Å². The van der Waals surface area contributed by atoms with E-state index in [1.165, 1.54) is 0 Å². The predicted octanol–water partition coefficient (Wildman–Crippen LogP) is -2.48. The highest BCUT2D eigenvalue weighted by Gasteiger charge is 2.10. The summed E-state index contributed by atoms with van der Waals surface area (Å²) in [5.41, 5.74) is 10.9. The smallest absolute Gasteiger partial charge is 0.0699 e. The van der Waals surface area contributed by atoms with Crippen molar-refractivity contribution in [2.45, 2.75) is 6.17 Å². The number of nitrogens with zero attached hydrogens (tertiary/aromatic N) is 1. The van der Waals surface area contributed by atoms with Gasteiger partial charge in [0.25, 0.3) is 0 Å². The van der Waals surface area contributed by atoms with Crippen LogP contribution in [0.15, 0.2) is 0 Å². The number of nitrogens with two attached hydrogens (primary N) is 2. The molecule has 0 saturated heterocycles. The molecule has 0 heterocycles. The van der Waals surface area contributed by atoms with Crippen LogP contribution in [0.2, 0.25) is 0 Å². The van der Waals surface area contributed by atoms with Gasteiger partial charge in [-0.05, 0) is 0 Å². The standard InChI is InChI=1S/C6H17N3O2/c7-5-6(8)9(1-3-10)2-4-11/h6,10-11H,1-5,7-8H2. The monoisotopic (exact) mass is 163 g/mol. The molecule has 0 aromatic heterocycles. The third kappa shape index (κ3) is 4.28. The SMILES string of the molecule is NCC(N)N(CCO)CCO. The zero-order valence-electron chi connectivity index (χ0n) is 6.61. The van der Waals surface area contributed by atoms with Gasteiger partial charge in [-0.25, -0.2) is 0 Å². The van der Waals surface area contributed by atoms with Crippen LogP contribution in [-0.4, -0.2) is 54.1 Å². The molecule has 0 aliphatic heterocycles. The van der Waals surface area contributed by atoms with Crippen LogP contribution in [0.25, 0.3) is 0 Å². The zero-order valence-corrected chi connectivity index (χ0v) is 6.61. The van der Waals surface area contributed by atoms with E-state index in [4.69, 9.17) is 21.7 Å². The van der Waals surface area contributed by atoms with E-state index in [1.807, 2.05) is 0 Å². The molecule has 0 radical (unpaired) electrons. The maximum atomic E-state index is 8.59. The molecule has 0 spiro atoms. The second kappa shape index (κ2) is 6.51. The molecule has 0 saturated carbocycles. The zero-order chi connectivity index (χ0) is 8.69. The third-order valence-corrected chi connectivity index (χ3v) is 1.48. The highest BCUT2D eigenvalue weighted by atomic mass is 16.3. The molecule has 1 unspecified atom stereocenters. The minimum atomic E-state index is -0.269. The van der Waals surface area contributed by atoms with E-state index in [9.17, 15) is 0 Å². The molecular formula is C6H17N3O2. The Bertz CT molecular complexity index is 85.9. The molecule has 0 rings (SSSR count). The van der Waals surface area contributed by atoms with E-state index < -0.39 is 0 Å². The maximum absolute atomic E-state index is 8.59. The fourth-order valence-electron chi connectivity index (χ4n) is 0.849. The van der Waals surface area contributed by atoms with Crippen molar-refractivity contribution < 1.29 is 10.2 Å². The van der Waals surface area contributed by atoms with Gasteiger partial charge in [0.15, 0.2) is 0 Å². The Morgan fingerprint density at radius 1 is 1.18 bits per heavy atom. The van der Waals surface area contributed by atoms with Crippen molar-refractivity contribution in [3.8, 4) is 0 Å². The molecule has 1 atom stereocenters. The van der Waals surface area contributed by atoms with E-state index in [0.29, 0.717) is 19.6 Å². The first-order chi connectivity index (χ1) is 5.26. The van der Waals surface area contributed by atoms with Gasteiger partial charge >= 0.3 is 0 Å². The normalized spacial score (nSPS) is 13.9. The van der Waals surface area contributed by atoms with E-state index in [1.54, 1.807) is 4.90 Å². The number of hydrogen-bond donors (Lipinski definition) is 4. The van der Waals surface area contributed by atoms with Crippen LogP contribution in [0, 0.1) is 0 Å². The molecule has 0 aromatic carbocycles. The van der Waals surface area contributed by atoms with Crippen molar-refractivity contribution in [2.24, 2.45) is 11.5 Å². The Morgan fingerprint density at radius 2 is 1.64 bits per heavy atom. The Hall–Kier alpha value is -0.200. The minimum Gasteiger partial charge on any atom is -0.395 e. The van der Waals surface area contributed by atoms with Crippen LogP contribution >= 0.6 is 0 Å². The van der Waals surface area contributed by atoms with Crippen LogP contribution in [0.4, 0.5) is 0 Å². The Kier molecular flexibility index (Phi) is 6.39. The molecule has 0 aliphatic carbocycles. The lowest BCUT2D eigenvalue weighted by molar-refractivity contribution is 0.126. The molecule has 5 heteroatoms. The Balaban J connectivity index is 3.66. The first-order valence-electron chi connectivity index (χ1n) is 3.67. The fourth-order valence-corrected chi connectivity index (χ4v) is 0.849. The molecule has 0 aromatic rings. The van der Waals surface area contributed by atoms with Gasteiger partial charge in [-0.2, -0.15) is 0 Å². The predicted molar refractivity (Wildman–Crippen MR) is 42.8 cm³/mol. The van der Waals surface area contributed by atoms with Gasteiger partial charge in [-0.3, -0.25) is 4.90 Å². The summed E-state index contributed by atoms with van der Waals surface area (Å²) in [6, 6.07) is 0. The first kappa shape index (κ1) is 10.8. The van der Waals surface area contributed by atoms with E-state index >= 15 is 0 Å². The molecule has 0 bridgehead atoms. The van der Waals surface area contributed by atoms with Crippen molar-refractivity contribution in [1.82, 2.24) is 4.90 Å². The highest BCUT2D eigenvalue weighted by molar-refractivity contribution is 4.65. The summed E-state index contributed by atoms with van der Waals surface area (Å²) >= 11 is 0. The quantitative estimate of drug-likeness (QED) is 0.325. The second-order valence-corrected chi connectivity index (χ2v) is 2.29. The summed E-state index contributed by atoms with van der Waals surface area (Å²) in [5.74, 6) is 0. The number of aliphatic hydroxyl groups excluding tert-OH is 2. The molecule has 11 heavy (non-hydrogen) atoms. The largest absolute Gasteiger partial charge is 0.395 e. The highest BCUT2D eigenvalue weighted by Crippen LogP contribution is 1.89. The van der Waals surface area contributed by atoms with Gasteiger partial charge in [-0.15, -0.1) is 0 Å². The van der Waals surface area contributed by atoms with Gasteiger partial charge in [0.2, 0.25) is 0 Å². The summed E-state index contributed by atoms with van der Waals surface area (Å²) in [5, 5.41) is 17.2. The molecule has 0 fully saturated rings. The Labute approximate surface area is 66.6 Å². The van der Waals surface area contributed by atoms with Crippen molar-refractivity contribution in [1.29, 1.82) is 0 Å². The number of aliphatic hydroxyl groups is 2. The van der Waals surface area contributed by atoms with Gasteiger partial charge in [0, 0.05) is 19.6 Å². The summed E-state index contributed by atoms with van der Waals surface area (Å²) < 4.78 is 0. The first-order valence-corrected chi connectivity index (χ1v) is 3.67. The lowest BCUT2D eigenvalue weighted by atomic mass is 10.4. The van der Waals surface area contributed by atoms with E-state index in [-0.39, 0.29) is 19.4 Å². The van der Waals surface area contributed by atoms with E-state index in [2.05, 4.69) is 0 Å². The Morgan fingerprint density at radius 3 is 1.91 bits per heavy atom. The summed E-state index contributed by atoms with van der Waals surface area (Å²) in [6.45, 7) is 1.32. The van der Waals surface area contributed by atoms with E-state index in [0.717, 1.165) is 0 Å². The van der Waals surface area contributed by atoms with Crippen molar-refractivity contribution in [3.05, 3.63) is 0 Å². The topological polar surface area (TPSA) is 95.7 Å². The summed E-state index contributed by atoms with van der Waals surface area (Å²) in [7, 11) is 0. The third-order valence-electron chi connectivity index (χ3n) is 1.48. The van der Waals surface area contributed by atoms with Crippen LogP contribution in [0.1, 0.15) is 0 Å². The molecule has 6 N–H and O–H groups in total. The number of hydrogen-bond acceptors (Lipinski definition) is 5. The minimum absolute atomic E-state index is 0.0354. The second-order valence-electron chi connectivity index (χ2n) is 2.29. The lowest BCUT2D eigenvalue weighted by Crippen LogP contribution is -2.49. The van der Waals surface area contributed by atoms with Gasteiger partial charge in [-0.1, -0.05) is 0 Å². The fraction of sp³-hybridized carbons (Fsp3) is 1.00. The van der Waals surface area contributed by atoms with Crippen molar-refractivity contribution >= 4 is 0 Å². The van der Waals surface area contributed by atoms with Crippen LogP contribution in [0.5, 0.6) is 0 Å². The van der Waals surface area contributed by atoms with Crippen LogP contribution in [0.3, 0.4) is 0 Å². The van der Waals surface area contributed by atoms with Crippen molar-refractivity contribution in [2.75, 3.05) is 32.8 Å². The number of rotatable bonds is 6. The molecule has 5 nitrogen and oxygen atoms in total. The molecule has 0 aliphatic rings. The summed E-state index contributed by atoms with van der Waals surface area (Å²) in [4.78, 5) is 1.74. The average molecular weight is 163 g/mol.